The van der Waals surface area contributed by atoms with Crippen molar-refractivity contribution in [3.05, 3.63) is 35.9 Å². The zero-order valence-corrected chi connectivity index (χ0v) is 16.9. The third kappa shape index (κ3) is 4.72. The van der Waals surface area contributed by atoms with Gasteiger partial charge >= 0.3 is 0 Å². The molecule has 0 radical (unpaired) electrons. The standard InChI is InChI=1S/C23H35N3O/c1-2-25(23(27)22(21-10-11-21)26-13-6-7-14-26)18-20-12-15-24(17-20)16-19-8-4-3-5-9-19/h3-5,8-9,20-22H,2,6-7,10-18H2,1H3/t20-,22+/m1/s1. The molecule has 2 aliphatic heterocycles. The van der Waals surface area contributed by atoms with Gasteiger partial charge in [-0.2, -0.15) is 0 Å². The summed E-state index contributed by atoms with van der Waals surface area (Å²) in [5.41, 5.74) is 1.39. The van der Waals surface area contributed by atoms with Gasteiger partial charge in [-0.15, -0.1) is 0 Å². The Morgan fingerprint density at radius 2 is 1.85 bits per heavy atom. The first-order valence-corrected chi connectivity index (χ1v) is 11.0. The zero-order chi connectivity index (χ0) is 18.6. The van der Waals surface area contributed by atoms with Gasteiger partial charge < -0.3 is 4.90 Å². The highest BCUT2D eigenvalue weighted by atomic mass is 16.2. The third-order valence-electron chi connectivity index (χ3n) is 6.65. The summed E-state index contributed by atoms with van der Waals surface area (Å²) in [6, 6.07) is 10.9. The average Bonchev–Trinajstić information content (AvgIpc) is 3.18. The highest BCUT2D eigenvalue weighted by Crippen LogP contribution is 2.37. The Balaban J connectivity index is 1.32. The second-order valence-corrected chi connectivity index (χ2v) is 8.78. The van der Waals surface area contributed by atoms with Crippen LogP contribution >= 0.6 is 0 Å². The van der Waals surface area contributed by atoms with Crippen molar-refractivity contribution in [2.24, 2.45) is 11.8 Å². The van der Waals surface area contributed by atoms with Crippen LogP contribution in [0.2, 0.25) is 0 Å². The highest BCUT2D eigenvalue weighted by Gasteiger charge is 2.42. The van der Waals surface area contributed by atoms with E-state index >= 15 is 0 Å². The molecule has 0 unspecified atom stereocenters. The van der Waals surface area contributed by atoms with Crippen molar-refractivity contribution >= 4 is 5.91 Å². The number of amides is 1. The van der Waals surface area contributed by atoms with Crippen LogP contribution in [0.15, 0.2) is 30.3 Å². The summed E-state index contributed by atoms with van der Waals surface area (Å²) < 4.78 is 0. The van der Waals surface area contributed by atoms with E-state index in [9.17, 15) is 4.79 Å². The molecule has 2 atom stereocenters. The summed E-state index contributed by atoms with van der Waals surface area (Å²) in [6.07, 6.45) is 6.24. The van der Waals surface area contributed by atoms with E-state index in [1.54, 1.807) is 0 Å². The molecule has 1 aromatic carbocycles. The van der Waals surface area contributed by atoms with Crippen LogP contribution in [0, 0.1) is 11.8 Å². The van der Waals surface area contributed by atoms with Crippen molar-refractivity contribution in [2.75, 3.05) is 39.3 Å². The van der Waals surface area contributed by atoms with Crippen molar-refractivity contribution in [3.63, 3.8) is 0 Å². The second-order valence-electron chi connectivity index (χ2n) is 8.78. The lowest BCUT2D eigenvalue weighted by Crippen LogP contribution is -2.50. The topological polar surface area (TPSA) is 26.8 Å². The molecule has 0 N–H and O–H groups in total. The number of likely N-dealkylation sites (tertiary alicyclic amines) is 2. The molecular weight excluding hydrogens is 334 g/mol. The minimum Gasteiger partial charge on any atom is -0.341 e. The first-order valence-electron chi connectivity index (χ1n) is 11.0. The molecule has 1 amide bonds. The van der Waals surface area contributed by atoms with E-state index in [1.165, 1.54) is 37.7 Å². The number of carbonyl (C=O) groups excluding carboxylic acids is 1. The summed E-state index contributed by atoms with van der Waals surface area (Å²) in [5.74, 6) is 1.67. The Kier molecular flexibility index (Phi) is 6.14. The number of hydrogen-bond donors (Lipinski definition) is 0. The number of benzene rings is 1. The van der Waals surface area contributed by atoms with Gasteiger partial charge in [0.15, 0.2) is 0 Å². The van der Waals surface area contributed by atoms with Crippen LogP contribution < -0.4 is 0 Å². The fourth-order valence-corrected chi connectivity index (χ4v) is 5.01. The Labute approximate surface area is 164 Å². The molecule has 4 heteroatoms. The Bertz CT molecular complexity index is 609. The number of nitrogens with zero attached hydrogens (tertiary/aromatic N) is 3. The highest BCUT2D eigenvalue weighted by molar-refractivity contribution is 5.82. The van der Waals surface area contributed by atoms with Crippen molar-refractivity contribution in [1.82, 2.24) is 14.7 Å². The summed E-state index contributed by atoms with van der Waals surface area (Å²) in [4.78, 5) is 20.6. The van der Waals surface area contributed by atoms with Gasteiger partial charge in [0, 0.05) is 26.2 Å². The number of hydrogen-bond acceptors (Lipinski definition) is 3. The van der Waals surface area contributed by atoms with Crippen molar-refractivity contribution < 1.29 is 4.79 Å². The molecule has 0 aromatic heterocycles. The van der Waals surface area contributed by atoms with Crippen LogP contribution in [-0.4, -0.2) is 65.9 Å². The van der Waals surface area contributed by atoms with Crippen LogP contribution in [-0.2, 0) is 11.3 Å². The molecule has 148 valence electrons. The molecule has 2 saturated heterocycles. The van der Waals surface area contributed by atoms with Gasteiger partial charge in [-0.3, -0.25) is 14.6 Å². The molecular formula is C23H35N3O. The van der Waals surface area contributed by atoms with E-state index in [4.69, 9.17) is 0 Å². The lowest BCUT2D eigenvalue weighted by molar-refractivity contribution is -0.137. The number of rotatable bonds is 8. The van der Waals surface area contributed by atoms with E-state index in [-0.39, 0.29) is 6.04 Å². The van der Waals surface area contributed by atoms with Gasteiger partial charge in [-0.25, -0.2) is 0 Å². The predicted molar refractivity (Wildman–Crippen MR) is 109 cm³/mol. The monoisotopic (exact) mass is 369 g/mol. The third-order valence-corrected chi connectivity index (χ3v) is 6.65. The maximum absolute atomic E-state index is 13.4. The van der Waals surface area contributed by atoms with Crippen molar-refractivity contribution in [2.45, 2.75) is 51.6 Å². The molecule has 1 aromatic rings. The fourth-order valence-electron chi connectivity index (χ4n) is 5.01. The van der Waals surface area contributed by atoms with Crippen molar-refractivity contribution in [1.29, 1.82) is 0 Å². The van der Waals surface area contributed by atoms with Crippen LogP contribution in [0.1, 0.15) is 44.6 Å². The molecule has 1 aliphatic carbocycles. The molecule has 3 aliphatic rings. The first-order chi connectivity index (χ1) is 13.2. The molecule has 0 spiro atoms. The smallest absolute Gasteiger partial charge is 0.240 e. The SMILES string of the molecule is CCN(C[C@@H]1CCN(Cc2ccccc2)C1)C(=O)[C@H](C1CC1)N1CCCC1. The summed E-state index contributed by atoms with van der Waals surface area (Å²) in [7, 11) is 0. The van der Waals surface area contributed by atoms with Crippen molar-refractivity contribution in [3.8, 4) is 0 Å². The van der Waals surface area contributed by atoms with Crippen LogP contribution in [0.4, 0.5) is 0 Å². The van der Waals surface area contributed by atoms with Gasteiger partial charge in [-0.1, -0.05) is 30.3 Å². The van der Waals surface area contributed by atoms with E-state index in [1.807, 2.05) is 0 Å². The largest absolute Gasteiger partial charge is 0.341 e. The maximum atomic E-state index is 13.4. The minimum atomic E-state index is 0.175. The fraction of sp³-hybridized carbons (Fsp3) is 0.696. The molecule has 27 heavy (non-hydrogen) atoms. The molecule has 1 saturated carbocycles. The van der Waals surface area contributed by atoms with Crippen LogP contribution in [0.25, 0.3) is 0 Å². The normalized spacial score (nSPS) is 25.0. The van der Waals surface area contributed by atoms with Gasteiger partial charge in [0.2, 0.25) is 5.91 Å². The van der Waals surface area contributed by atoms with Gasteiger partial charge in [0.05, 0.1) is 6.04 Å². The van der Waals surface area contributed by atoms with Crippen LogP contribution in [0.5, 0.6) is 0 Å². The molecule has 4 rings (SSSR count). The van der Waals surface area contributed by atoms with E-state index < -0.39 is 0 Å². The van der Waals surface area contributed by atoms with E-state index in [2.05, 4.69) is 52.0 Å². The van der Waals surface area contributed by atoms with Gasteiger partial charge in [0.1, 0.15) is 0 Å². The minimum absolute atomic E-state index is 0.175. The van der Waals surface area contributed by atoms with E-state index in [0.717, 1.165) is 45.8 Å². The first kappa shape index (κ1) is 18.9. The zero-order valence-electron chi connectivity index (χ0n) is 16.9. The molecule has 4 nitrogen and oxygen atoms in total. The number of carbonyl (C=O) groups is 1. The van der Waals surface area contributed by atoms with Crippen LogP contribution in [0.3, 0.4) is 0 Å². The summed E-state index contributed by atoms with van der Waals surface area (Å²) in [5, 5.41) is 0. The second kappa shape index (κ2) is 8.74. The summed E-state index contributed by atoms with van der Waals surface area (Å²) in [6.45, 7) is 9.51. The Morgan fingerprint density at radius 3 is 2.52 bits per heavy atom. The van der Waals surface area contributed by atoms with E-state index in [0.29, 0.717) is 17.7 Å². The Morgan fingerprint density at radius 1 is 1.11 bits per heavy atom. The quantitative estimate of drug-likeness (QED) is 0.704. The lowest BCUT2D eigenvalue weighted by atomic mass is 10.1. The summed E-state index contributed by atoms with van der Waals surface area (Å²) >= 11 is 0. The Hall–Kier alpha value is -1.39. The number of likely N-dealkylation sites (N-methyl/N-ethyl adjacent to an activating group) is 1. The van der Waals surface area contributed by atoms with Gasteiger partial charge in [0.25, 0.3) is 0 Å². The lowest BCUT2D eigenvalue weighted by Gasteiger charge is -2.33. The maximum Gasteiger partial charge on any atom is 0.240 e. The molecule has 2 heterocycles. The van der Waals surface area contributed by atoms with Gasteiger partial charge in [-0.05, 0) is 76.1 Å². The molecule has 0 bridgehead atoms. The average molecular weight is 370 g/mol. The molecule has 3 fully saturated rings. The predicted octanol–water partition coefficient (Wildman–Crippen LogP) is 3.23.